The van der Waals surface area contributed by atoms with E-state index in [4.69, 9.17) is 0 Å². The normalized spacial score (nSPS) is 16.0. The van der Waals surface area contributed by atoms with E-state index in [1.54, 1.807) is 12.1 Å². The standard InChI is InChI=1S/C16H21FN2O2/c17-13-9-5-6-10-14(13)19-16(21)11-15(20)18-12-7-3-1-2-4-8-12/h5-6,9-10,12H,1-4,7-8,11H2,(H,18,20)(H,19,21). The highest BCUT2D eigenvalue weighted by molar-refractivity contribution is 6.03. The van der Waals surface area contributed by atoms with E-state index in [1.165, 1.54) is 25.0 Å². The Balaban J connectivity index is 1.79. The Labute approximate surface area is 124 Å². The molecular weight excluding hydrogens is 271 g/mol. The summed E-state index contributed by atoms with van der Waals surface area (Å²) in [6.45, 7) is 0. The van der Waals surface area contributed by atoms with Crippen LogP contribution in [-0.4, -0.2) is 17.9 Å². The number of hydrogen-bond acceptors (Lipinski definition) is 2. The van der Waals surface area contributed by atoms with E-state index in [1.807, 2.05) is 0 Å². The Morgan fingerprint density at radius 1 is 1.05 bits per heavy atom. The topological polar surface area (TPSA) is 58.2 Å². The molecular formula is C16H21FN2O2. The molecule has 0 aliphatic heterocycles. The lowest BCUT2D eigenvalue weighted by molar-refractivity contribution is -0.127. The molecule has 0 aromatic heterocycles. The maximum Gasteiger partial charge on any atom is 0.233 e. The molecule has 4 nitrogen and oxygen atoms in total. The molecule has 0 radical (unpaired) electrons. The Morgan fingerprint density at radius 3 is 2.38 bits per heavy atom. The molecule has 114 valence electrons. The lowest BCUT2D eigenvalue weighted by atomic mass is 10.1. The van der Waals surface area contributed by atoms with Crippen LogP contribution < -0.4 is 10.6 Å². The van der Waals surface area contributed by atoms with Crippen molar-refractivity contribution >= 4 is 17.5 Å². The molecule has 2 amide bonds. The van der Waals surface area contributed by atoms with Gasteiger partial charge in [-0.1, -0.05) is 37.8 Å². The third-order valence-corrected chi connectivity index (χ3v) is 3.69. The van der Waals surface area contributed by atoms with Crippen LogP contribution in [0.2, 0.25) is 0 Å². The van der Waals surface area contributed by atoms with Gasteiger partial charge in [-0.3, -0.25) is 9.59 Å². The number of halogens is 1. The lowest BCUT2D eigenvalue weighted by Gasteiger charge is -2.16. The van der Waals surface area contributed by atoms with Gasteiger partial charge in [0, 0.05) is 6.04 Å². The van der Waals surface area contributed by atoms with Gasteiger partial charge in [-0.15, -0.1) is 0 Å². The first-order valence-corrected chi connectivity index (χ1v) is 7.49. The second-order valence-corrected chi connectivity index (χ2v) is 5.46. The summed E-state index contributed by atoms with van der Waals surface area (Å²) in [5.74, 6) is -1.29. The maximum atomic E-state index is 13.4. The quantitative estimate of drug-likeness (QED) is 0.662. The number of nitrogens with one attached hydrogen (secondary N) is 2. The summed E-state index contributed by atoms with van der Waals surface area (Å²) in [5.41, 5.74) is 0.102. The van der Waals surface area contributed by atoms with E-state index in [9.17, 15) is 14.0 Å². The van der Waals surface area contributed by atoms with Crippen LogP contribution in [0.3, 0.4) is 0 Å². The predicted octanol–water partition coefficient (Wildman–Crippen LogP) is 2.99. The van der Waals surface area contributed by atoms with Crippen molar-refractivity contribution in [1.29, 1.82) is 0 Å². The minimum atomic E-state index is -0.505. The van der Waals surface area contributed by atoms with Gasteiger partial charge in [0.15, 0.2) is 0 Å². The van der Waals surface area contributed by atoms with E-state index in [2.05, 4.69) is 10.6 Å². The van der Waals surface area contributed by atoms with Crippen molar-refractivity contribution in [2.24, 2.45) is 0 Å². The Morgan fingerprint density at radius 2 is 1.71 bits per heavy atom. The van der Waals surface area contributed by atoms with Gasteiger partial charge in [-0.25, -0.2) is 4.39 Å². The molecule has 1 aliphatic carbocycles. The van der Waals surface area contributed by atoms with Crippen molar-refractivity contribution in [3.8, 4) is 0 Å². The lowest BCUT2D eigenvalue weighted by Crippen LogP contribution is -2.36. The summed E-state index contributed by atoms with van der Waals surface area (Å²) in [5, 5.41) is 5.31. The smallest absolute Gasteiger partial charge is 0.233 e. The Hall–Kier alpha value is -1.91. The van der Waals surface area contributed by atoms with Crippen molar-refractivity contribution < 1.29 is 14.0 Å². The number of amides is 2. The predicted molar refractivity (Wildman–Crippen MR) is 79.3 cm³/mol. The molecule has 0 spiro atoms. The first-order chi connectivity index (χ1) is 10.1. The van der Waals surface area contributed by atoms with E-state index >= 15 is 0 Å². The fourth-order valence-electron chi connectivity index (χ4n) is 2.61. The maximum absolute atomic E-state index is 13.4. The van der Waals surface area contributed by atoms with Gasteiger partial charge >= 0.3 is 0 Å². The minimum absolute atomic E-state index is 0.102. The van der Waals surface area contributed by atoms with Crippen LogP contribution >= 0.6 is 0 Å². The van der Waals surface area contributed by atoms with Crippen LogP contribution in [0.1, 0.15) is 44.9 Å². The first-order valence-electron chi connectivity index (χ1n) is 7.49. The molecule has 2 rings (SSSR count). The van der Waals surface area contributed by atoms with E-state index < -0.39 is 11.7 Å². The van der Waals surface area contributed by atoms with Gasteiger partial charge < -0.3 is 10.6 Å². The third kappa shape index (κ3) is 5.17. The number of hydrogen-bond donors (Lipinski definition) is 2. The third-order valence-electron chi connectivity index (χ3n) is 3.69. The average molecular weight is 292 g/mol. The van der Waals surface area contributed by atoms with Crippen LogP contribution in [-0.2, 0) is 9.59 Å². The van der Waals surface area contributed by atoms with Crippen LogP contribution in [0, 0.1) is 5.82 Å². The molecule has 0 atom stereocenters. The first kappa shape index (κ1) is 15.5. The minimum Gasteiger partial charge on any atom is -0.353 e. The highest BCUT2D eigenvalue weighted by Crippen LogP contribution is 2.17. The molecule has 1 saturated carbocycles. The van der Waals surface area contributed by atoms with Gasteiger partial charge in [-0.2, -0.15) is 0 Å². The second-order valence-electron chi connectivity index (χ2n) is 5.46. The average Bonchev–Trinajstić information content (AvgIpc) is 2.69. The number of benzene rings is 1. The zero-order valence-corrected chi connectivity index (χ0v) is 12.0. The molecule has 0 unspecified atom stereocenters. The summed E-state index contributed by atoms with van der Waals surface area (Å²) in [6, 6.07) is 6.08. The SMILES string of the molecule is O=C(CC(=O)NC1CCCCCC1)Nc1ccccc1F. The number of rotatable bonds is 4. The highest BCUT2D eigenvalue weighted by atomic mass is 19.1. The number of para-hydroxylation sites is 1. The van der Waals surface area contributed by atoms with Crippen LogP contribution in [0.15, 0.2) is 24.3 Å². The fourth-order valence-corrected chi connectivity index (χ4v) is 2.61. The highest BCUT2D eigenvalue weighted by Gasteiger charge is 2.17. The molecule has 21 heavy (non-hydrogen) atoms. The van der Waals surface area contributed by atoms with Crippen molar-refractivity contribution in [2.75, 3.05) is 5.32 Å². The van der Waals surface area contributed by atoms with Gasteiger partial charge in [-0.05, 0) is 25.0 Å². The fraction of sp³-hybridized carbons (Fsp3) is 0.500. The largest absolute Gasteiger partial charge is 0.353 e. The zero-order chi connectivity index (χ0) is 15.1. The van der Waals surface area contributed by atoms with E-state index in [0.29, 0.717) is 0 Å². The molecule has 0 saturated heterocycles. The molecule has 1 fully saturated rings. The van der Waals surface area contributed by atoms with Crippen LogP contribution in [0.4, 0.5) is 10.1 Å². The van der Waals surface area contributed by atoms with Crippen LogP contribution in [0.25, 0.3) is 0 Å². The van der Waals surface area contributed by atoms with Crippen molar-refractivity contribution in [3.63, 3.8) is 0 Å². The Kier molecular flexibility index (Phi) is 5.72. The molecule has 0 heterocycles. The van der Waals surface area contributed by atoms with Gasteiger partial charge in [0.05, 0.1) is 5.69 Å². The van der Waals surface area contributed by atoms with Crippen molar-refractivity contribution in [1.82, 2.24) is 5.32 Å². The summed E-state index contributed by atoms with van der Waals surface area (Å²) in [6.07, 6.45) is 6.32. The van der Waals surface area contributed by atoms with E-state index in [-0.39, 0.29) is 24.1 Å². The van der Waals surface area contributed by atoms with Crippen LogP contribution in [0.5, 0.6) is 0 Å². The summed E-state index contributed by atoms with van der Waals surface area (Å²) in [4.78, 5) is 23.6. The number of carbonyl (C=O) groups is 2. The summed E-state index contributed by atoms with van der Waals surface area (Å²) in [7, 11) is 0. The van der Waals surface area contributed by atoms with Gasteiger partial charge in [0.25, 0.3) is 0 Å². The Bertz CT molecular complexity index is 497. The molecule has 2 N–H and O–H groups in total. The van der Waals surface area contributed by atoms with Gasteiger partial charge in [0.1, 0.15) is 12.2 Å². The number of carbonyl (C=O) groups excluding carboxylic acids is 2. The summed E-state index contributed by atoms with van der Waals surface area (Å²) >= 11 is 0. The van der Waals surface area contributed by atoms with Crippen molar-refractivity contribution in [3.05, 3.63) is 30.1 Å². The van der Waals surface area contributed by atoms with E-state index in [0.717, 1.165) is 25.7 Å². The molecule has 5 heteroatoms. The summed E-state index contributed by atoms with van der Waals surface area (Å²) < 4.78 is 13.4. The monoisotopic (exact) mass is 292 g/mol. The number of anilines is 1. The zero-order valence-electron chi connectivity index (χ0n) is 12.0. The van der Waals surface area contributed by atoms with Gasteiger partial charge in [0.2, 0.25) is 11.8 Å². The molecule has 1 aromatic carbocycles. The van der Waals surface area contributed by atoms with Crippen molar-refractivity contribution in [2.45, 2.75) is 51.0 Å². The molecule has 0 bridgehead atoms. The molecule has 1 aliphatic rings. The molecule has 1 aromatic rings. The second kappa shape index (κ2) is 7.76.